The number of rotatable bonds is 4. The third-order valence-corrected chi connectivity index (χ3v) is 4.13. The Kier molecular flexibility index (Phi) is 4.06. The molecule has 0 bridgehead atoms. The molecule has 1 aromatic carbocycles. The lowest BCUT2D eigenvalue weighted by molar-refractivity contribution is -0.118. The summed E-state index contributed by atoms with van der Waals surface area (Å²) in [6.45, 7) is 0.539. The number of carbonyl (C=O) groups excluding carboxylic acids is 2. The molecule has 0 radical (unpaired) electrons. The van der Waals surface area contributed by atoms with Crippen molar-refractivity contribution in [1.82, 2.24) is 9.88 Å². The van der Waals surface area contributed by atoms with E-state index in [1.165, 1.54) is 11.3 Å². The number of carbonyl (C=O) groups is 2. The van der Waals surface area contributed by atoms with Crippen molar-refractivity contribution in [3.05, 3.63) is 40.9 Å². The first-order valence-corrected chi connectivity index (χ1v) is 7.72. The van der Waals surface area contributed by atoms with Gasteiger partial charge in [-0.05, 0) is 18.6 Å². The van der Waals surface area contributed by atoms with Crippen LogP contribution in [0.3, 0.4) is 0 Å². The van der Waals surface area contributed by atoms with Gasteiger partial charge in [0.15, 0.2) is 11.7 Å². The second kappa shape index (κ2) is 6.15. The number of anilines is 1. The Hall–Kier alpha value is -2.41. The highest BCUT2D eigenvalue weighted by atomic mass is 32.1. The van der Waals surface area contributed by atoms with Crippen LogP contribution in [0.25, 0.3) is 0 Å². The van der Waals surface area contributed by atoms with Crippen LogP contribution in [0.15, 0.2) is 29.8 Å². The summed E-state index contributed by atoms with van der Waals surface area (Å²) in [5.74, 6) is 0.305. The number of hydrogen-bond donors (Lipinski definition) is 1. The molecule has 7 heteroatoms. The number of hydrogen-bond acceptors (Lipinski definition) is 5. The molecule has 6 nitrogen and oxygen atoms in total. The van der Waals surface area contributed by atoms with Crippen molar-refractivity contribution in [2.75, 3.05) is 25.5 Å². The zero-order chi connectivity index (χ0) is 15.5. The highest BCUT2D eigenvalue weighted by molar-refractivity contribution is 7.13. The molecule has 0 spiro atoms. The monoisotopic (exact) mass is 317 g/mol. The molecule has 2 aromatic rings. The molecule has 22 heavy (non-hydrogen) atoms. The summed E-state index contributed by atoms with van der Waals surface area (Å²) >= 11 is 1.35. The minimum absolute atomic E-state index is 0.0149. The summed E-state index contributed by atoms with van der Waals surface area (Å²) in [7, 11) is 1.78. The second-order valence-corrected chi connectivity index (χ2v) is 5.83. The molecule has 1 N–H and O–H groups in total. The van der Waals surface area contributed by atoms with Crippen LogP contribution < -0.4 is 10.1 Å². The predicted molar refractivity (Wildman–Crippen MR) is 83.3 cm³/mol. The standard InChI is InChI=1S/C15H15N3O3S/c1-18-7-5-10-11(14(18)20)3-2-4-12(10)21-9-13(19)17-15-16-6-8-22-15/h2-4,6,8H,5,7,9H2,1H3,(H,16,17,19). The molecule has 2 heterocycles. The topological polar surface area (TPSA) is 71.5 Å². The molecule has 1 aliphatic heterocycles. The van der Waals surface area contributed by atoms with Gasteiger partial charge in [-0.1, -0.05) is 6.07 Å². The molecule has 1 aromatic heterocycles. The van der Waals surface area contributed by atoms with Gasteiger partial charge >= 0.3 is 0 Å². The van der Waals surface area contributed by atoms with Gasteiger partial charge in [0.2, 0.25) is 0 Å². The van der Waals surface area contributed by atoms with Crippen LogP contribution in [0.2, 0.25) is 0 Å². The van der Waals surface area contributed by atoms with Gasteiger partial charge in [-0.15, -0.1) is 11.3 Å². The van der Waals surface area contributed by atoms with Crippen molar-refractivity contribution in [2.45, 2.75) is 6.42 Å². The second-order valence-electron chi connectivity index (χ2n) is 4.93. The molecule has 1 aliphatic rings. The number of likely N-dealkylation sites (N-methyl/N-ethyl adjacent to an activating group) is 1. The molecule has 3 rings (SSSR count). The van der Waals surface area contributed by atoms with Crippen LogP contribution in [0.1, 0.15) is 15.9 Å². The number of benzene rings is 1. The lowest BCUT2D eigenvalue weighted by Gasteiger charge is -2.26. The third-order valence-electron chi connectivity index (χ3n) is 3.44. The number of amides is 2. The van der Waals surface area contributed by atoms with E-state index in [1.54, 1.807) is 41.7 Å². The van der Waals surface area contributed by atoms with E-state index in [9.17, 15) is 9.59 Å². The Labute approximate surface area is 131 Å². The molecule has 0 fully saturated rings. The Morgan fingerprint density at radius 3 is 3.14 bits per heavy atom. The van der Waals surface area contributed by atoms with E-state index in [2.05, 4.69) is 10.3 Å². The molecular weight excluding hydrogens is 302 g/mol. The van der Waals surface area contributed by atoms with Crippen molar-refractivity contribution in [1.29, 1.82) is 0 Å². The predicted octanol–water partition coefficient (Wildman–Crippen LogP) is 1.79. The summed E-state index contributed by atoms with van der Waals surface area (Å²) in [5, 5.41) is 4.98. The number of ether oxygens (including phenoxy) is 1. The van der Waals surface area contributed by atoms with E-state index in [1.807, 2.05) is 0 Å². The van der Waals surface area contributed by atoms with Crippen molar-refractivity contribution in [3.8, 4) is 5.75 Å². The Morgan fingerprint density at radius 2 is 2.36 bits per heavy atom. The molecule has 0 atom stereocenters. The van der Waals surface area contributed by atoms with Crippen molar-refractivity contribution in [2.24, 2.45) is 0 Å². The van der Waals surface area contributed by atoms with Gasteiger partial charge < -0.3 is 9.64 Å². The number of aromatic nitrogens is 1. The summed E-state index contributed by atoms with van der Waals surface area (Å²) in [6.07, 6.45) is 2.35. The summed E-state index contributed by atoms with van der Waals surface area (Å²) in [6, 6.07) is 5.34. The van der Waals surface area contributed by atoms with Gasteiger partial charge in [0.1, 0.15) is 5.75 Å². The largest absolute Gasteiger partial charge is 0.483 e. The quantitative estimate of drug-likeness (QED) is 0.933. The zero-order valence-corrected chi connectivity index (χ0v) is 12.9. The van der Waals surface area contributed by atoms with E-state index < -0.39 is 0 Å². The summed E-state index contributed by atoms with van der Waals surface area (Å²) < 4.78 is 5.59. The van der Waals surface area contributed by atoms with Gasteiger partial charge in [-0.2, -0.15) is 0 Å². The molecule has 0 unspecified atom stereocenters. The smallest absolute Gasteiger partial charge is 0.264 e. The average molecular weight is 317 g/mol. The van der Waals surface area contributed by atoms with E-state index in [0.29, 0.717) is 23.0 Å². The fourth-order valence-corrected chi connectivity index (χ4v) is 2.87. The maximum atomic E-state index is 12.1. The first-order chi connectivity index (χ1) is 10.6. The number of fused-ring (bicyclic) bond motifs is 1. The Balaban J connectivity index is 1.68. The number of nitrogens with zero attached hydrogens (tertiary/aromatic N) is 2. The van der Waals surface area contributed by atoms with Gasteiger partial charge in [0.25, 0.3) is 11.8 Å². The van der Waals surface area contributed by atoms with Crippen molar-refractivity contribution in [3.63, 3.8) is 0 Å². The first-order valence-electron chi connectivity index (χ1n) is 6.84. The lowest BCUT2D eigenvalue weighted by atomic mass is 9.98. The molecular formula is C15H15N3O3S. The van der Waals surface area contributed by atoms with E-state index in [-0.39, 0.29) is 18.4 Å². The maximum absolute atomic E-state index is 12.1. The first kappa shape index (κ1) is 14.5. The fourth-order valence-electron chi connectivity index (χ4n) is 2.33. The van der Waals surface area contributed by atoms with Crippen molar-refractivity contribution >= 4 is 28.3 Å². The van der Waals surface area contributed by atoms with Crippen molar-refractivity contribution < 1.29 is 14.3 Å². The molecule has 2 amide bonds. The molecule has 0 saturated heterocycles. The van der Waals surface area contributed by atoms with E-state index in [4.69, 9.17) is 4.74 Å². The van der Waals surface area contributed by atoms with E-state index >= 15 is 0 Å². The summed E-state index contributed by atoms with van der Waals surface area (Å²) in [4.78, 5) is 29.6. The average Bonchev–Trinajstić information content (AvgIpc) is 3.02. The van der Waals surface area contributed by atoms with E-state index in [0.717, 1.165) is 12.0 Å². The van der Waals surface area contributed by atoms with Gasteiger partial charge in [0.05, 0.1) is 0 Å². The molecule has 0 aliphatic carbocycles. The third kappa shape index (κ3) is 2.94. The Morgan fingerprint density at radius 1 is 1.50 bits per heavy atom. The minimum Gasteiger partial charge on any atom is -0.483 e. The van der Waals surface area contributed by atoms with Crippen LogP contribution in [0.4, 0.5) is 5.13 Å². The SMILES string of the molecule is CN1CCc2c(OCC(=O)Nc3nccs3)cccc2C1=O. The zero-order valence-electron chi connectivity index (χ0n) is 12.0. The van der Waals surface area contributed by atoms with Crippen LogP contribution in [-0.2, 0) is 11.2 Å². The van der Waals surface area contributed by atoms with Crippen LogP contribution in [0, 0.1) is 0 Å². The van der Waals surface area contributed by atoms with Gasteiger partial charge in [0, 0.05) is 36.3 Å². The van der Waals surface area contributed by atoms with Crippen LogP contribution in [-0.4, -0.2) is 41.9 Å². The normalized spacial score (nSPS) is 13.7. The highest BCUT2D eigenvalue weighted by Crippen LogP contribution is 2.27. The fraction of sp³-hybridized carbons (Fsp3) is 0.267. The highest BCUT2D eigenvalue weighted by Gasteiger charge is 2.24. The number of thiazole rings is 1. The van der Waals surface area contributed by atoms with Crippen LogP contribution in [0.5, 0.6) is 5.75 Å². The maximum Gasteiger partial charge on any atom is 0.264 e. The van der Waals surface area contributed by atoms with Gasteiger partial charge in [-0.25, -0.2) is 4.98 Å². The van der Waals surface area contributed by atoms with Gasteiger partial charge in [-0.3, -0.25) is 14.9 Å². The molecule has 0 saturated carbocycles. The van der Waals surface area contributed by atoms with Crippen LogP contribution >= 0.6 is 11.3 Å². The number of nitrogens with one attached hydrogen (secondary N) is 1. The Bertz CT molecular complexity index is 700. The minimum atomic E-state index is -0.271. The molecule has 114 valence electrons. The summed E-state index contributed by atoms with van der Waals surface area (Å²) in [5.41, 5.74) is 1.51. The lowest BCUT2D eigenvalue weighted by Crippen LogP contribution is -2.34.